The number of hydrogen-bond acceptors (Lipinski definition) is 8. The summed E-state index contributed by atoms with van der Waals surface area (Å²) < 4.78 is 15.2. The molecule has 150 valence electrons. The van der Waals surface area contributed by atoms with E-state index in [-0.39, 0.29) is 23.6 Å². The van der Waals surface area contributed by atoms with Crippen LogP contribution in [0.4, 0.5) is 10.7 Å². The van der Waals surface area contributed by atoms with Crippen LogP contribution in [0.15, 0.2) is 24.3 Å². The molecule has 0 bridgehead atoms. The van der Waals surface area contributed by atoms with Gasteiger partial charge in [-0.1, -0.05) is 6.92 Å². The van der Waals surface area contributed by atoms with Crippen molar-refractivity contribution in [2.45, 2.75) is 20.3 Å². The van der Waals surface area contributed by atoms with Crippen LogP contribution in [-0.2, 0) is 16.0 Å². The van der Waals surface area contributed by atoms with Crippen molar-refractivity contribution in [3.05, 3.63) is 44.8 Å². The van der Waals surface area contributed by atoms with Crippen LogP contribution in [0.3, 0.4) is 0 Å². The molecule has 0 aliphatic heterocycles. The van der Waals surface area contributed by atoms with Gasteiger partial charge in [0, 0.05) is 4.88 Å². The summed E-state index contributed by atoms with van der Waals surface area (Å²) in [7, 11) is 1.39. The third kappa shape index (κ3) is 5.19. The monoisotopic (exact) mass is 408 g/mol. The minimum absolute atomic E-state index is 0.0630. The molecule has 1 aromatic heterocycles. The van der Waals surface area contributed by atoms with Gasteiger partial charge in [0.2, 0.25) is 0 Å². The number of amides is 1. The molecule has 0 atom stereocenters. The van der Waals surface area contributed by atoms with Crippen LogP contribution < -0.4 is 14.8 Å². The Kier molecular flexibility index (Phi) is 7.33. The van der Waals surface area contributed by atoms with Gasteiger partial charge in [-0.3, -0.25) is 14.9 Å². The number of carbonyl (C=O) groups is 2. The predicted molar refractivity (Wildman–Crippen MR) is 103 cm³/mol. The average molecular weight is 408 g/mol. The number of esters is 1. The smallest absolute Gasteiger partial charge is 0.341 e. The summed E-state index contributed by atoms with van der Waals surface area (Å²) in [6, 6.07) is 5.73. The van der Waals surface area contributed by atoms with E-state index >= 15 is 0 Å². The summed E-state index contributed by atoms with van der Waals surface area (Å²) in [5.41, 5.74) is -0.0452. The lowest BCUT2D eigenvalue weighted by Crippen LogP contribution is -2.21. The second-order valence-corrected chi connectivity index (χ2v) is 6.59. The number of nitro groups is 1. The van der Waals surface area contributed by atoms with Crippen LogP contribution in [0.25, 0.3) is 0 Å². The van der Waals surface area contributed by atoms with E-state index < -0.39 is 23.4 Å². The maximum absolute atomic E-state index is 12.2. The first-order chi connectivity index (χ1) is 13.4. The van der Waals surface area contributed by atoms with Crippen molar-refractivity contribution < 1.29 is 28.7 Å². The zero-order chi connectivity index (χ0) is 20.7. The number of thiophene rings is 1. The zero-order valence-electron chi connectivity index (χ0n) is 15.6. The van der Waals surface area contributed by atoms with Gasteiger partial charge in [-0.15, -0.1) is 11.3 Å². The molecule has 0 aliphatic rings. The number of nitrogens with one attached hydrogen (secondary N) is 1. The fraction of sp³-hybridized carbons (Fsp3) is 0.333. The first-order valence-electron chi connectivity index (χ1n) is 8.44. The van der Waals surface area contributed by atoms with Gasteiger partial charge in [-0.25, -0.2) is 4.79 Å². The lowest BCUT2D eigenvalue weighted by molar-refractivity contribution is -0.385. The van der Waals surface area contributed by atoms with Crippen LogP contribution in [0.2, 0.25) is 0 Å². The number of ether oxygens (including phenoxy) is 3. The Bertz CT molecular complexity index is 879. The molecule has 1 N–H and O–H groups in total. The molecule has 10 heteroatoms. The summed E-state index contributed by atoms with van der Waals surface area (Å²) in [4.78, 5) is 35.7. The average Bonchev–Trinajstić information content (AvgIpc) is 3.09. The normalized spacial score (nSPS) is 10.2. The van der Waals surface area contributed by atoms with Crippen molar-refractivity contribution in [3.8, 4) is 11.5 Å². The number of aryl methyl sites for hydroxylation is 1. The third-order valence-corrected chi connectivity index (χ3v) is 4.80. The maximum atomic E-state index is 12.2. The second-order valence-electron chi connectivity index (χ2n) is 5.46. The van der Waals surface area contributed by atoms with Crippen LogP contribution in [0.5, 0.6) is 11.5 Å². The van der Waals surface area contributed by atoms with E-state index in [0.717, 1.165) is 4.88 Å². The number of anilines is 1. The molecular weight excluding hydrogens is 388 g/mol. The van der Waals surface area contributed by atoms with E-state index in [0.29, 0.717) is 17.2 Å². The van der Waals surface area contributed by atoms with E-state index in [9.17, 15) is 19.7 Å². The Labute approximate surface area is 165 Å². The molecule has 2 rings (SSSR count). The van der Waals surface area contributed by atoms with Gasteiger partial charge in [-0.05, 0) is 31.5 Å². The van der Waals surface area contributed by atoms with Crippen molar-refractivity contribution in [1.82, 2.24) is 0 Å². The van der Waals surface area contributed by atoms with Gasteiger partial charge in [0.25, 0.3) is 5.91 Å². The van der Waals surface area contributed by atoms with Crippen molar-refractivity contribution in [3.63, 3.8) is 0 Å². The highest BCUT2D eigenvalue weighted by atomic mass is 32.1. The number of nitrogens with zero attached hydrogens (tertiary/aromatic N) is 1. The molecule has 0 radical (unpaired) electrons. The summed E-state index contributed by atoms with van der Waals surface area (Å²) in [6.07, 6.45) is 0.696. The van der Waals surface area contributed by atoms with Crippen LogP contribution in [0.1, 0.15) is 29.1 Å². The molecule has 1 heterocycles. The fourth-order valence-electron chi connectivity index (χ4n) is 2.26. The quantitative estimate of drug-likeness (QED) is 0.384. The molecule has 0 fully saturated rings. The first kappa shape index (κ1) is 21.2. The number of methoxy groups -OCH3 is 1. The lowest BCUT2D eigenvalue weighted by atomic mass is 10.2. The summed E-state index contributed by atoms with van der Waals surface area (Å²) >= 11 is 1.26. The minimum atomic E-state index is -0.624. The second kappa shape index (κ2) is 9.70. The van der Waals surface area contributed by atoms with Gasteiger partial charge < -0.3 is 19.5 Å². The van der Waals surface area contributed by atoms with Crippen LogP contribution in [0, 0.1) is 10.1 Å². The molecule has 0 saturated carbocycles. The Hall–Kier alpha value is -3.14. The van der Waals surface area contributed by atoms with Gasteiger partial charge in [-0.2, -0.15) is 0 Å². The Morgan fingerprint density at radius 2 is 2.00 bits per heavy atom. The zero-order valence-corrected chi connectivity index (χ0v) is 16.5. The number of rotatable bonds is 9. The van der Waals surface area contributed by atoms with E-state index in [1.54, 1.807) is 13.0 Å². The number of nitro benzene ring substituents is 1. The molecule has 0 aliphatic carbocycles. The van der Waals surface area contributed by atoms with Crippen LogP contribution in [-0.4, -0.2) is 37.1 Å². The molecule has 2 aromatic rings. The summed E-state index contributed by atoms with van der Waals surface area (Å²) in [6.45, 7) is 3.37. The largest absolute Gasteiger partial charge is 0.496 e. The Balaban J connectivity index is 2.10. The fourth-order valence-corrected chi connectivity index (χ4v) is 3.26. The number of benzene rings is 1. The molecule has 0 unspecified atom stereocenters. The van der Waals surface area contributed by atoms with Gasteiger partial charge in [0.1, 0.15) is 10.8 Å². The Morgan fingerprint density at radius 1 is 1.25 bits per heavy atom. The third-order valence-electron chi connectivity index (χ3n) is 3.60. The van der Waals surface area contributed by atoms with E-state index in [4.69, 9.17) is 14.2 Å². The van der Waals surface area contributed by atoms with E-state index in [2.05, 4.69) is 5.32 Å². The minimum Gasteiger partial charge on any atom is -0.496 e. The molecule has 1 amide bonds. The standard InChI is InChI=1S/C18H20N2O7S/c1-4-12-9-13(18(22)26-5-2)17(28-12)19-16(21)10-27-15-7-6-11(25-3)8-14(15)20(23)24/h6-9H,4-5,10H2,1-3H3,(H,19,21). The highest BCUT2D eigenvalue weighted by molar-refractivity contribution is 7.16. The molecule has 0 saturated heterocycles. The highest BCUT2D eigenvalue weighted by Gasteiger charge is 2.21. The van der Waals surface area contributed by atoms with Crippen LogP contribution >= 0.6 is 11.3 Å². The highest BCUT2D eigenvalue weighted by Crippen LogP contribution is 2.32. The number of hydrogen-bond donors (Lipinski definition) is 1. The van der Waals surface area contributed by atoms with Crippen molar-refractivity contribution in [2.24, 2.45) is 0 Å². The van der Waals surface area contributed by atoms with E-state index in [1.807, 2.05) is 6.92 Å². The van der Waals surface area contributed by atoms with E-state index in [1.165, 1.54) is 36.6 Å². The first-order valence-corrected chi connectivity index (χ1v) is 9.26. The topological polar surface area (TPSA) is 117 Å². The van der Waals surface area contributed by atoms with Crippen molar-refractivity contribution >= 4 is 33.9 Å². The summed E-state index contributed by atoms with van der Waals surface area (Å²) in [5.74, 6) is -0.846. The Morgan fingerprint density at radius 3 is 2.61 bits per heavy atom. The molecule has 9 nitrogen and oxygen atoms in total. The van der Waals surface area contributed by atoms with Crippen molar-refractivity contribution in [1.29, 1.82) is 0 Å². The SMILES string of the molecule is CCOC(=O)c1cc(CC)sc1NC(=O)COc1ccc(OC)cc1[N+](=O)[O-]. The number of carbonyl (C=O) groups excluding carboxylic acids is 2. The summed E-state index contributed by atoms with van der Waals surface area (Å²) in [5, 5.41) is 14.1. The molecule has 0 spiro atoms. The van der Waals surface area contributed by atoms with Gasteiger partial charge in [0.05, 0.1) is 30.3 Å². The van der Waals surface area contributed by atoms with Gasteiger partial charge >= 0.3 is 11.7 Å². The predicted octanol–water partition coefficient (Wildman–Crippen LogP) is 3.42. The lowest BCUT2D eigenvalue weighted by Gasteiger charge is -2.09. The molecule has 28 heavy (non-hydrogen) atoms. The molecule has 1 aromatic carbocycles. The van der Waals surface area contributed by atoms with Crippen molar-refractivity contribution in [2.75, 3.05) is 25.6 Å². The molecular formula is C18H20N2O7S. The maximum Gasteiger partial charge on any atom is 0.341 e. The van der Waals surface area contributed by atoms with Gasteiger partial charge in [0.15, 0.2) is 12.4 Å².